The summed E-state index contributed by atoms with van der Waals surface area (Å²) in [6, 6.07) is 9.88. The zero-order chi connectivity index (χ0) is 17.6. The number of ether oxygens (including phenoxy) is 2. The molecule has 0 aromatic heterocycles. The molecule has 5 heteroatoms. The first-order valence-corrected chi connectivity index (χ1v) is 9.02. The molecule has 0 bridgehead atoms. The SMILES string of the molecule is COc1cccc([C@@H]2Nc3c(Cl)cc(Cl)cc3[C@H]3C=CC[C@@H]32)c1OC. The summed E-state index contributed by atoms with van der Waals surface area (Å²) in [6.45, 7) is 0. The van der Waals surface area contributed by atoms with E-state index in [0.717, 1.165) is 34.7 Å². The lowest BCUT2D eigenvalue weighted by atomic mass is 9.77. The van der Waals surface area contributed by atoms with Crippen LogP contribution in [-0.4, -0.2) is 14.2 Å². The van der Waals surface area contributed by atoms with E-state index < -0.39 is 0 Å². The maximum atomic E-state index is 6.50. The molecular weight excluding hydrogens is 357 g/mol. The van der Waals surface area contributed by atoms with Gasteiger partial charge in [-0.2, -0.15) is 0 Å². The number of rotatable bonds is 3. The Morgan fingerprint density at radius 1 is 1.08 bits per heavy atom. The largest absolute Gasteiger partial charge is 0.493 e. The van der Waals surface area contributed by atoms with Crippen LogP contribution in [0.25, 0.3) is 0 Å². The highest BCUT2D eigenvalue weighted by molar-refractivity contribution is 6.36. The van der Waals surface area contributed by atoms with E-state index in [9.17, 15) is 0 Å². The summed E-state index contributed by atoms with van der Waals surface area (Å²) in [5, 5.41) is 4.96. The zero-order valence-electron chi connectivity index (χ0n) is 14.1. The van der Waals surface area contributed by atoms with Gasteiger partial charge in [0, 0.05) is 16.5 Å². The second-order valence-corrected chi connectivity index (χ2v) is 7.25. The van der Waals surface area contributed by atoms with Gasteiger partial charge in [-0.15, -0.1) is 0 Å². The number of para-hydroxylation sites is 1. The maximum absolute atomic E-state index is 6.50. The molecule has 130 valence electrons. The summed E-state index contributed by atoms with van der Waals surface area (Å²) in [5.41, 5.74) is 3.19. The Bertz CT molecular complexity index is 850. The van der Waals surface area contributed by atoms with E-state index in [2.05, 4.69) is 23.5 Å². The van der Waals surface area contributed by atoms with Crippen molar-refractivity contribution in [2.24, 2.45) is 5.92 Å². The minimum absolute atomic E-state index is 0.0798. The lowest BCUT2D eigenvalue weighted by Crippen LogP contribution is -2.29. The highest BCUT2D eigenvalue weighted by Crippen LogP contribution is 2.54. The highest BCUT2D eigenvalue weighted by atomic mass is 35.5. The van der Waals surface area contributed by atoms with Gasteiger partial charge in [0.05, 0.1) is 31.0 Å². The molecule has 3 nitrogen and oxygen atoms in total. The van der Waals surface area contributed by atoms with Gasteiger partial charge in [-0.1, -0.05) is 47.5 Å². The van der Waals surface area contributed by atoms with E-state index in [1.807, 2.05) is 18.2 Å². The van der Waals surface area contributed by atoms with Crippen LogP contribution in [0.5, 0.6) is 11.5 Å². The van der Waals surface area contributed by atoms with Crippen molar-refractivity contribution in [2.75, 3.05) is 19.5 Å². The maximum Gasteiger partial charge on any atom is 0.165 e. The molecule has 0 saturated carbocycles. The fourth-order valence-corrected chi connectivity index (χ4v) is 4.65. The van der Waals surface area contributed by atoms with Crippen LogP contribution in [0.2, 0.25) is 10.0 Å². The summed E-state index contributed by atoms with van der Waals surface area (Å²) in [5.74, 6) is 2.16. The second kappa shape index (κ2) is 6.47. The van der Waals surface area contributed by atoms with E-state index in [1.54, 1.807) is 20.3 Å². The quantitative estimate of drug-likeness (QED) is 0.683. The van der Waals surface area contributed by atoms with Crippen molar-refractivity contribution in [3.8, 4) is 11.5 Å². The molecule has 1 heterocycles. The molecule has 1 aliphatic carbocycles. The fourth-order valence-electron chi connectivity index (χ4n) is 4.09. The molecule has 0 saturated heterocycles. The van der Waals surface area contributed by atoms with Gasteiger partial charge in [0.25, 0.3) is 0 Å². The van der Waals surface area contributed by atoms with Crippen LogP contribution in [0.3, 0.4) is 0 Å². The van der Waals surface area contributed by atoms with Crippen LogP contribution in [-0.2, 0) is 0 Å². The Balaban J connectivity index is 1.85. The molecule has 0 unspecified atom stereocenters. The van der Waals surface area contributed by atoms with E-state index in [0.29, 0.717) is 16.0 Å². The monoisotopic (exact) mass is 375 g/mol. The Kier molecular flexibility index (Phi) is 4.30. The third-order valence-electron chi connectivity index (χ3n) is 5.15. The summed E-state index contributed by atoms with van der Waals surface area (Å²) >= 11 is 12.7. The first kappa shape index (κ1) is 16.6. The lowest BCUT2D eigenvalue weighted by Gasteiger charge is -2.38. The summed E-state index contributed by atoms with van der Waals surface area (Å²) in [6.07, 6.45) is 5.49. The molecule has 25 heavy (non-hydrogen) atoms. The summed E-state index contributed by atoms with van der Waals surface area (Å²) in [4.78, 5) is 0. The molecule has 1 N–H and O–H groups in total. The van der Waals surface area contributed by atoms with Crippen LogP contribution >= 0.6 is 23.2 Å². The Hall–Kier alpha value is -1.84. The number of methoxy groups -OCH3 is 2. The topological polar surface area (TPSA) is 30.5 Å². The average Bonchev–Trinajstić information content (AvgIpc) is 3.10. The van der Waals surface area contributed by atoms with Crippen LogP contribution in [0.4, 0.5) is 5.69 Å². The molecule has 3 atom stereocenters. The molecule has 1 aliphatic heterocycles. The minimum Gasteiger partial charge on any atom is -0.493 e. The van der Waals surface area contributed by atoms with Crippen molar-refractivity contribution in [3.63, 3.8) is 0 Å². The van der Waals surface area contributed by atoms with Crippen molar-refractivity contribution < 1.29 is 9.47 Å². The molecule has 0 amide bonds. The van der Waals surface area contributed by atoms with Gasteiger partial charge < -0.3 is 14.8 Å². The second-order valence-electron chi connectivity index (χ2n) is 6.41. The summed E-state index contributed by atoms with van der Waals surface area (Å²) in [7, 11) is 3.33. The average molecular weight is 376 g/mol. The Labute approximate surface area is 157 Å². The first-order valence-electron chi connectivity index (χ1n) is 8.27. The molecular formula is C20H19Cl2NO2. The van der Waals surface area contributed by atoms with Gasteiger partial charge in [-0.05, 0) is 36.1 Å². The molecule has 2 aromatic carbocycles. The molecule has 0 spiro atoms. The first-order chi connectivity index (χ1) is 12.1. The number of anilines is 1. The highest BCUT2D eigenvalue weighted by Gasteiger charge is 2.40. The van der Waals surface area contributed by atoms with Crippen LogP contribution in [0.15, 0.2) is 42.5 Å². The van der Waals surface area contributed by atoms with Gasteiger partial charge >= 0.3 is 0 Å². The number of benzene rings is 2. The van der Waals surface area contributed by atoms with E-state index in [-0.39, 0.29) is 12.0 Å². The standard InChI is InChI=1S/C20H19Cl2NO2/c1-24-17-8-4-7-14(20(17)25-2)18-13-6-3-5-12(13)15-9-11(21)10-16(22)19(15)23-18/h3-5,7-10,12-13,18,23H,6H2,1-2H3/t12-,13-,18+/m0/s1. The van der Waals surface area contributed by atoms with Crippen LogP contribution < -0.4 is 14.8 Å². The number of allylic oxidation sites excluding steroid dienone is 2. The number of hydrogen-bond donors (Lipinski definition) is 1. The summed E-state index contributed by atoms with van der Waals surface area (Å²) < 4.78 is 11.1. The fraction of sp³-hybridized carbons (Fsp3) is 0.300. The van der Waals surface area contributed by atoms with Gasteiger partial charge in [-0.25, -0.2) is 0 Å². The number of fused-ring (bicyclic) bond motifs is 3. The molecule has 2 aliphatic rings. The van der Waals surface area contributed by atoms with Gasteiger partial charge in [-0.3, -0.25) is 0 Å². The Morgan fingerprint density at radius 3 is 2.68 bits per heavy atom. The zero-order valence-corrected chi connectivity index (χ0v) is 15.6. The number of hydrogen-bond acceptors (Lipinski definition) is 3. The molecule has 0 fully saturated rings. The van der Waals surface area contributed by atoms with Crippen LogP contribution in [0.1, 0.15) is 29.5 Å². The molecule has 4 rings (SSSR count). The van der Waals surface area contributed by atoms with Crippen molar-refractivity contribution in [1.29, 1.82) is 0 Å². The number of halogens is 2. The van der Waals surface area contributed by atoms with E-state index in [4.69, 9.17) is 32.7 Å². The van der Waals surface area contributed by atoms with E-state index >= 15 is 0 Å². The van der Waals surface area contributed by atoms with Gasteiger partial charge in [0.15, 0.2) is 11.5 Å². The van der Waals surface area contributed by atoms with Crippen molar-refractivity contribution in [1.82, 2.24) is 0 Å². The number of nitrogens with one attached hydrogen (secondary N) is 1. The Morgan fingerprint density at radius 2 is 1.92 bits per heavy atom. The van der Waals surface area contributed by atoms with Crippen LogP contribution in [0, 0.1) is 5.92 Å². The van der Waals surface area contributed by atoms with Gasteiger partial charge in [0.1, 0.15) is 0 Å². The smallest absolute Gasteiger partial charge is 0.165 e. The molecule has 0 radical (unpaired) electrons. The van der Waals surface area contributed by atoms with Crippen molar-refractivity contribution in [3.05, 3.63) is 63.7 Å². The predicted molar refractivity (Wildman–Crippen MR) is 102 cm³/mol. The van der Waals surface area contributed by atoms with Crippen molar-refractivity contribution in [2.45, 2.75) is 18.4 Å². The molecule has 2 aromatic rings. The third kappa shape index (κ3) is 2.66. The lowest BCUT2D eigenvalue weighted by molar-refractivity contribution is 0.341. The predicted octanol–water partition coefficient (Wildman–Crippen LogP) is 5.84. The van der Waals surface area contributed by atoms with Crippen molar-refractivity contribution >= 4 is 28.9 Å². The van der Waals surface area contributed by atoms with Gasteiger partial charge in [0.2, 0.25) is 0 Å². The third-order valence-corrected chi connectivity index (χ3v) is 5.67. The van der Waals surface area contributed by atoms with E-state index in [1.165, 1.54) is 0 Å². The minimum atomic E-state index is 0.0798. The normalized spacial score (nSPS) is 23.6.